The summed E-state index contributed by atoms with van der Waals surface area (Å²) in [6, 6.07) is 39.4. The van der Waals surface area contributed by atoms with Gasteiger partial charge >= 0.3 is 0 Å². The Morgan fingerprint density at radius 2 is 0.816 bits per heavy atom. The molecule has 7 aromatic rings. The number of hydrogen-bond donors (Lipinski definition) is 0. The second-order valence-corrected chi connectivity index (χ2v) is 10.1. The molecule has 0 bridgehead atoms. The topological polar surface area (TPSA) is 0 Å². The molecule has 0 amide bonds. The summed E-state index contributed by atoms with van der Waals surface area (Å²) in [7, 11) is 0. The molecule has 7 aromatic carbocycles. The van der Waals surface area contributed by atoms with Crippen molar-refractivity contribution in [2.24, 2.45) is 0 Å². The molecule has 0 nitrogen and oxygen atoms in total. The Morgan fingerprint density at radius 3 is 1.47 bits per heavy atom. The van der Waals surface area contributed by atoms with Gasteiger partial charge in [-0.25, -0.2) is 0 Å². The van der Waals surface area contributed by atoms with Crippen LogP contribution in [0.25, 0.3) is 53.9 Å². The predicted octanol–water partition coefficient (Wildman–Crippen LogP) is 12.0. The Hall–Kier alpha value is -3.90. The summed E-state index contributed by atoms with van der Waals surface area (Å²) in [4.78, 5) is 0. The number of aryl methyl sites for hydroxylation is 2. The molecule has 7 rings (SSSR count). The molecule has 192 valence electrons. The maximum atomic E-state index is 2.28. The molecule has 0 saturated heterocycles. The van der Waals surface area contributed by atoms with Crippen molar-refractivity contribution < 1.29 is 0 Å². The zero-order valence-electron chi connectivity index (χ0n) is 23.8. The van der Waals surface area contributed by atoms with E-state index in [2.05, 4.69) is 151 Å². The van der Waals surface area contributed by atoms with E-state index >= 15 is 0 Å². The number of fused-ring (bicyclic) bond motifs is 2. The van der Waals surface area contributed by atoms with Gasteiger partial charge in [0.1, 0.15) is 0 Å². The first-order valence-corrected chi connectivity index (χ1v) is 14.0. The summed E-state index contributed by atoms with van der Waals surface area (Å²) in [5, 5.41) is 13.5. The zero-order chi connectivity index (χ0) is 27.1. The normalized spacial score (nSPS) is 10.6. The van der Waals surface area contributed by atoms with Crippen LogP contribution in [0.5, 0.6) is 0 Å². The standard InChI is InChI=1S/C17H12.C15H12.2C3H8/c1-11-5-6-14-8-7-12-3-2-4-13-9-10-15(11)17(14)16(12)13;1-11-5-4-8-14-9-12-6-2-3-7-13(12)10-15(11)14;2*1-3-2/h2-10H,1H3;2-10H,1H3;2*3H2,1-2H3. The van der Waals surface area contributed by atoms with Gasteiger partial charge in [0, 0.05) is 0 Å². The maximum absolute atomic E-state index is 2.28. The van der Waals surface area contributed by atoms with E-state index in [1.54, 1.807) is 0 Å². The van der Waals surface area contributed by atoms with Gasteiger partial charge in [0.2, 0.25) is 0 Å². The van der Waals surface area contributed by atoms with Crippen molar-refractivity contribution >= 4 is 53.9 Å². The first-order chi connectivity index (χ1) is 18.5. The van der Waals surface area contributed by atoms with Crippen LogP contribution in [0.2, 0.25) is 0 Å². The SMILES string of the molecule is CCC.CCC.Cc1ccc2ccc3cccc4ccc1c2c34.Cc1cccc2cc3ccccc3cc12. The van der Waals surface area contributed by atoms with Crippen molar-refractivity contribution in [2.45, 2.75) is 54.4 Å². The largest absolute Gasteiger partial charge is 0.0656 e. The third-order valence-corrected chi connectivity index (χ3v) is 6.71. The summed E-state index contributed by atoms with van der Waals surface area (Å²) in [6.07, 6.45) is 2.50. The molecule has 38 heavy (non-hydrogen) atoms. The van der Waals surface area contributed by atoms with Gasteiger partial charge in [-0.2, -0.15) is 0 Å². The highest BCUT2D eigenvalue weighted by Crippen LogP contribution is 2.35. The Kier molecular flexibility index (Phi) is 8.98. The van der Waals surface area contributed by atoms with Crippen LogP contribution >= 0.6 is 0 Å². The fraction of sp³-hybridized carbons (Fsp3) is 0.211. The molecule has 0 atom stereocenters. The first-order valence-electron chi connectivity index (χ1n) is 14.0. The monoisotopic (exact) mass is 496 g/mol. The lowest BCUT2D eigenvalue weighted by atomic mass is 9.92. The minimum absolute atomic E-state index is 1.25. The van der Waals surface area contributed by atoms with E-state index in [0.29, 0.717) is 0 Å². The lowest BCUT2D eigenvalue weighted by Gasteiger charge is -2.11. The highest BCUT2D eigenvalue weighted by molar-refractivity contribution is 6.23. The van der Waals surface area contributed by atoms with Crippen molar-refractivity contribution in [1.29, 1.82) is 0 Å². The van der Waals surface area contributed by atoms with Crippen LogP contribution in [0.1, 0.15) is 51.7 Å². The van der Waals surface area contributed by atoms with Gasteiger partial charge in [-0.05, 0) is 91.0 Å². The van der Waals surface area contributed by atoms with Crippen LogP contribution in [0.15, 0.2) is 109 Å². The first kappa shape index (κ1) is 27.1. The Labute approximate surface area is 228 Å². The molecule has 0 N–H and O–H groups in total. The van der Waals surface area contributed by atoms with Gasteiger partial charge in [-0.15, -0.1) is 0 Å². The summed E-state index contributed by atoms with van der Waals surface area (Å²) in [5.74, 6) is 0. The van der Waals surface area contributed by atoms with E-state index in [0.717, 1.165) is 0 Å². The molecule has 0 heterocycles. The molecule has 0 spiro atoms. The van der Waals surface area contributed by atoms with Crippen LogP contribution in [0, 0.1) is 13.8 Å². The van der Waals surface area contributed by atoms with E-state index in [4.69, 9.17) is 0 Å². The van der Waals surface area contributed by atoms with Crippen molar-refractivity contribution in [3.05, 3.63) is 120 Å². The van der Waals surface area contributed by atoms with E-state index in [-0.39, 0.29) is 0 Å². The molecular formula is C38H40. The Morgan fingerprint density at radius 1 is 0.368 bits per heavy atom. The predicted molar refractivity (Wildman–Crippen MR) is 173 cm³/mol. The Bertz CT molecular complexity index is 1750. The van der Waals surface area contributed by atoms with Gasteiger partial charge in [0.15, 0.2) is 0 Å². The molecule has 0 fully saturated rings. The Balaban J connectivity index is 0.000000148. The van der Waals surface area contributed by atoms with Crippen molar-refractivity contribution in [1.82, 2.24) is 0 Å². The average molecular weight is 497 g/mol. The molecular weight excluding hydrogens is 456 g/mol. The second-order valence-electron chi connectivity index (χ2n) is 10.1. The number of benzene rings is 7. The molecule has 0 aliphatic rings. The molecule has 0 unspecified atom stereocenters. The smallest absolute Gasteiger partial charge is 0.00241 e. The third kappa shape index (κ3) is 5.65. The number of hydrogen-bond acceptors (Lipinski definition) is 0. The number of rotatable bonds is 0. The van der Waals surface area contributed by atoms with Crippen molar-refractivity contribution in [3.8, 4) is 0 Å². The molecule has 0 aliphatic carbocycles. The minimum Gasteiger partial charge on any atom is -0.0656 e. The van der Waals surface area contributed by atoms with Crippen LogP contribution in [0.3, 0.4) is 0 Å². The van der Waals surface area contributed by atoms with Gasteiger partial charge in [0.25, 0.3) is 0 Å². The third-order valence-electron chi connectivity index (χ3n) is 6.71. The molecule has 0 saturated carbocycles. The summed E-state index contributed by atoms with van der Waals surface area (Å²) in [5.41, 5.74) is 2.70. The van der Waals surface area contributed by atoms with Crippen LogP contribution in [-0.4, -0.2) is 0 Å². The van der Waals surface area contributed by atoms with E-state index < -0.39 is 0 Å². The van der Waals surface area contributed by atoms with Gasteiger partial charge in [-0.1, -0.05) is 138 Å². The van der Waals surface area contributed by atoms with Gasteiger partial charge in [-0.3, -0.25) is 0 Å². The van der Waals surface area contributed by atoms with Crippen molar-refractivity contribution in [2.75, 3.05) is 0 Å². The van der Waals surface area contributed by atoms with Crippen LogP contribution in [-0.2, 0) is 0 Å². The molecule has 0 aromatic heterocycles. The average Bonchev–Trinajstić information content (AvgIpc) is 2.93. The van der Waals surface area contributed by atoms with E-state index in [1.165, 1.54) is 77.8 Å². The van der Waals surface area contributed by atoms with Crippen LogP contribution < -0.4 is 0 Å². The summed E-state index contributed by atoms with van der Waals surface area (Å²) < 4.78 is 0. The fourth-order valence-electron chi connectivity index (χ4n) is 5.00. The van der Waals surface area contributed by atoms with E-state index in [9.17, 15) is 0 Å². The summed E-state index contributed by atoms with van der Waals surface area (Å²) in [6.45, 7) is 12.9. The molecule has 0 aliphatic heterocycles. The molecule has 0 heteroatoms. The van der Waals surface area contributed by atoms with Gasteiger partial charge in [0.05, 0.1) is 0 Å². The lowest BCUT2D eigenvalue weighted by Crippen LogP contribution is -1.85. The highest BCUT2D eigenvalue weighted by Gasteiger charge is 2.08. The summed E-state index contributed by atoms with van der Waals surface area (Å²) >= 11 is 0. The van der Waals surface area contributed by atoms with E-state index in [1.807, 2.05) is 0 Å². The van der Waals surface area contributed by atoms with Crippen molar-refractivity contribution in [3.63, 3.8) is 0 Å². The lowest BCUT2D eigenvalue weighted by molar-refractivity contribution is 1.09. The van der Waals surface area contributed by atoms with Gasteiger partial charge < -0.3 is 0 Å². The fourth-order valence-corrected chi connectivity index (χ4v) is 5.00. The van der Waals surface area contributed by atoms with Crippen LogP contribution in [0.4, 0.5) is 0 Å². The minimum atomic E-state index is 1.25. The quantitative estimate of drug-likeness (QED) is 0.145. The zero-order valence-corrected chi connectivity index (χ0v) is 23.8. The maximum Gasteiger partial charge on any atom is -0.00241 e. The highest BCUT2D eigenvalue weighted by atomic mass is 14.1. The molecule has 0 radical (unpaired) electrons. The second kappa shape index (κ2) is 12.6.